The fraction of sp³-hybridized carbons (Fsp3) is 0.118. The van der Waals surface area contributed by atoms with Gasteiger partial charge < -0.3 is 10.1 Å². The van der Waals surface area contributed by atoms with Crippen molar-refractivity contribution in [3.8, 4) is 5.75 Å². The molecular weight excluding hydrogens is 364 g/mol. The van der Waals surface area contributed by atoms with Crippen LogP contribution in [0.1, 0.15) is 6.92 Å². The monoisotopic (exact) mass is 376 g/mol. The van der Waals surface area contributed by atoms with E-state index < -0.39 is 4.92 Å². The summed E-state index contributed by atoms with van der Waals surface area (Å²) in [6.45, 7) is 2.20. The van der Waals surface area contributed by atoms with Crippen molar-refractivity contribution in [1.82, 2.24) is 0 Å². The minimum Gasteiger partial charge on any atom is -0.494 e. The van der Waals surface area contributed by atoms with Crippen molar-refractivity contribution in [2.24, 2.45) is 0 Å². The lowest BCUT2D eigenvalue weighted by molar-refractivity contribution is -0.384. The molecular formula is C17H13ClN2O4S. The lowest BCUT2D eigenvalue weighted by Gasteiger charge is -2.10. The number of nitro groups is 1. The molecule has 6 nitrogen and oxygen atoms in total. The number of nitro benzene ring substituents is 1. The molecule has 0 spiro atoms. The van der Waals surface area contributed by atoms with Crippen LogP contribution >= 0.6 is 22.9 Å². The number of anilines is 2. The molecule has 0 aliphatic heterocycles. The van der Waals surface area contributed by atoms with Gasteiger partial charge in [0.05, 0.1) is 17.6 Å². The Morgan fingerprint density at radius 1 is 1.28 bits per heavy atom. The molecule has 0 amide bonds. The first-order valence-electron chi connectivity index (χ1n) is 7.41. The number of benzene rings is 2. The van der Waals surface area contributed by atoms with Crippen LogP contribution in [0.3, 0.4) is 0 Å². The molecule has 1 aromatic heterocycles. The third kappa shape index (κ3) is 3.42. The fourth-order valence-electron chi connectivity index (χ4n) is 2.35. The van der Waals surface area contributed by atoms with Gasteiger partial charge in [0.2, 0.25) is 5.43 Å². The van der Waals surface area contributed by atoms with E-state index in [9.17, 15) is 14.9 Å². The van der Waals surface area contributed by atoms with Gasteiger partial charge in [-0.2, -0.15) is 0 Å². The summed E-state index contributed by atoms with van der Waals surface area (Å²) in [6, 6.07) is 11.6. The molecule has 3 rings (SSSR count). The molecule has 1 heterocycles. The molecule has 0 saturated heterocycles. The van der Waals surface area contributed by atoms with Crippen LogP contribution in [0, 0.1) is 10.1 Å². The van der Waals surface area contributed by atoms with E-state index in [1.807, 2.05) is 6.07 Å². The number of hydrogen-bond acceptors (Lipinski definition) is 6. The van der Waals surface area contributed by atoms with Gasteiger partial charge in [0.1, 0.15) is 21.5 Å². The molecule has 25 heavy (non-hydrogen) atoms. The van der Waals surface area contributed by atoms with Crippen molar-refractivity contribution in [3.63, 3.8) is 0 Å². The Morgan fingerprint density at radius 2 is 2.04 bits per heavy atom. The SMILES string of the molecule is CCOc1ccc(Nc2sc3ccccc3c(=O)c2Cl)c([N+](=O)[O-])c1. The van der Waals surface area contributed by atoms with Gasteiger partial charge in [-0.1, -0.05) is 23.7 Å². The van der Waals surface area contributed by atoms with Gasteiger partial charge in [-0.15, -0.1) is 11.3 Å². The Hall–Kier alpha value is -2.64. The molecule has 0 aliphatic rings. The Balaban J connectivity index is 2.08. The maximum Gasteiger partial charge on any atom is 0.296 e. The average molecular weight is 377 g/mol. The first kappa shape index (κ1) is 17.2. The fourth-order valence-corrected chi connectivity index (χ4v) is 3.59. The van der Waals surface area contributed by atoms with Crippen LogP contribution in [0.5, 0.6) is 5.75 Å². The lowest BCUT2D eigenvalue weighted by atomic mass is 10.2. The van der Waals surface area contributed by atoms with Crippen LogP contribution in [-0.2, 0) is 0 Å². The first-order valence-corrected chi connectivity index (χ1v) is 8.60. The summed E-state index contributed by atoms with van der Waals surface area (Å²) in [5, 5.41) is 15.1. The molecule has 0 fully saturated rings. The van der Waals surface area contributed by atoms with E-state index in [1.165, 1.54) is 23.5 Å². The number of rotatable bonds is 5. The smallest absolute Gasteiger partial charge is 0.296 e. The van der Waals surface area contributed by atoms with Crippen LogP contribution in [0.4, 0.5) is 16.4 Å². The lowest BCUT2D eigenvalue weighted by Crippen LogP contribution is -2.05. The van der Waals surface area contributed by atoms with Gasteiger partial charge in [-0.25, -0.2) is 0 Å². The summed E-state index contributed by atoms with van der Waals surface area (Å²) in [4.78, 5) is 23.2. The van der Waals surface area contributed by atoms with Crippen LogP contribution in [0.15, 0.2) is 47.3 Å². The molecule has 3 aromatic rings. The summed E-state index contributed by atoms with van der Waals surface area (Å²) in [7, 11) is 0. The highest BCUT2D eigenvalue weighted by molar-refractivity contribution is 7.22. The summed E-state index contributed by atoms with van der Waals surface area (Å²) >= 11 is 7.44. The van der Waals surface area contributed by atoms with Gasteiger partial charge in [-0.3, -0.25) is 14.9 Å². The third-order valence-corrected chi connectivity index (χ3v) is 5.03. The number of hydrogen-bond donors (Lipinski definition) is 1. The second-order valence-electron chi connectivity index (χ2n) is 5.06. The van der Waals surface area contributed by atoms with E-state index in [4.69, 9.17) is 16.3 Å². The summed E-state index contributed by atoms with van der Waals surface area (Å²) < 4.78 is 6.04. The standard InChI is InChI=1S/C17H13ClN2O4S/c1-2-24-10-7-8-12(13(9-10)20(22)23)19-17-15(18)16(21)11-5-3-4-6-14(11)25-17/h3-9,19H,2H2,1H3. The van der Waals surface area contributed by atoms with Crippen LogP contribution in [0.25, 0.3) is 10.1 Å². The molecule has 2 aromatic carbocycles. The number of nitrogens with one attached hydrogen (secondary N) is 1. The van der Waals surface area contributed by atoms with E-state index in [0.717, 1.165) is 4.70 Å². The first-order chi connectivity index (χ1) is 12.0. The van der Waals surface area contributed by atoms with E-state index in [1.54, 1.807) is 31.2 Å². The summed E-state index contributed by atoms with van der Waals surface area (Å²) in [6.07, 6.45) is 0. The Kier molecular flexibility index (Phi) is 4.87. The molecule has 128 valence electrons. The predicted octanol–water partition coefficient (Wildman–Crippen LogP) is 4.97. The van der Waals surface area contributed by atoms with E-state index in [0.29, 0.717) is 22.7 Å². The molecule has 8 heteroatoms. The normalized spacial score (nSPS) is 10.6. The molecule has 0 aliphatic carbocycles. The quantitative estimate of drug-likeness (QED) is 0.502. The van der Waals surface area contributed by atoms with Gasteiger partial charge in [-0.05, 0) is 31.2 Å². The predicted molar refractivity (Wildman–Crippen MR) is 101 cm³/mol. The van der Waals surface area contributed by atoms with E-state index in [-0.39, 0.29) is 21.8 Å². The van der Waals surface area contributed by atoms with Crippen LogP contribution in [0.2, 0.25) is 5.02 Å². The molecule has 0 atom stereocenters. The van der Waals surface area contributed by atoms with Crippen molar-refractivity contribution in [3.05, 3.63) is 67.8 Å². The van der Waals surface area contributed by atoms with Crippen molar-refractivity contribution >= 4 is 49.4 Å². The second-order valence-corrected chi connectivity index (χ2v) is 6.49. The Labute approximate surface area is 151 Å². The molecule has 0 saturated carbocycles. The van der Waals surface area contributed by atoms with E-state index >= 15 is 0 Å². The number of fused-ring (bicyclic) bond motifs is 1. The maximum atomic E-state index is 12.4. The zero-order valence-electron chi connectivity index (χ0n) is 13.1. The number of nitrogens with zero attached hydrogens (tertiary/aromatic N) is 1. The van der Waals surface area contributed by atoms with Crippen molar-refractivity contribution < 1.29 is 9.66 Å². The zero-order chi connectivity index (χ0) is 18.0. The molecule has 0 unspecified atom stereocenters. The molecule has 0 bridgehead atoms. The topological polar surface area (TPSA) is 81.5 Å². The Morgan fingerprint density at radius 3 is 2.76 bits per heavy atom. The highest BCUT2D eigenvalue weighted by atomic mass is 35.5. The van der Waals surface area contributed by atoms with Gasteiger partial charge >= 0.3 is 0 Å². The minimum atomic E-state index is -0.511. The number of ether oxygens (including phenoxy) is 1. The number of halogens is 1. The summed E-state index contributed by atoms with van der Waals surface area (Å²) in [5.74, 6) is 0.401. The largest absolute Gasteiger partial charge is 0.494 e. The Bertz CT molecular complexity index is 1020. The summed E-state index contributed by atoms with van der Waals surface area (Å²) in [5.41, 5.74) is -0.233. The van der Waals surface area contributed by atoms with Crippen LogP contribution < -0.4 is 15.5 Å². The van der Waals surface area contributed by atoms with Gasteiger partial charge in [0, 0.05) is 10.1 Å². The van der Waals surface area contributed by atoms with Crippen molar-refractivity contribution in [1.29, 1.82) is 0 Å². The van der Waals surface area contributed by atoms with E-state index in [2.05, 4.69) is 5.32 Å². The average Bonchev–Trinajstić information content (AvgIpc) is 2.60. The molecule has 0 radical (unpaired) electrons. The van der Waals surface area contributed by atoms with Crippen molar-refractivity contribution in [2.45, 2.75) is 6.92 Å². The molecule has 1 N–H and O–H groups in total. The zero-order valence-corrected chi connectivity index (χ0v) is 14.7. The second kappa shape index (κ2) is 7.08. The van der Waals surface area contributed by atoms with Gasteiger partial charge in [0.15, 0.2) is 0 Å². The third-order valence-electron chi connectivity index (χ3n) is 3.47. The van der Waals surface area contributed by atoms with Gasteiger partial charge in [0.25, 0.3) is 5.69 Å². The maximum absolute atomic E-state index is 12.4. The minimum absolute atomic E-state index is 0.00637. The van der Waals surface area contributed by atoms with Crippen molar-refractivity contribution in [2.75, 3.05) is 11.9 Å². The highest BCUT2D eigenvalue weighted by Crippen LogP contribution is 2.36. The van der Waals surface area contributed by atoms with Crippen LogP contribution in [-0.4, -0.2) is 11.5 Å². The highest BCUT2D eigenvalue weighted by Gasteiger charge is 2.18.